The third kappa shape index (κ3) is 3.03. The zero-order chi connectivity index (χ0) is 16.1. The zero-order valence-corrected chi connectivity index (χ0v) is 13.3. The van der Waals surface area contributed by atoms with Crippen molar-refractivity contribution in [3.63, 3.8) is 0 Å². The summed E-state index contributed by atoms with van der Waals surface area (Å²) in [6, 6.07) is 3.29. The molecule has 0 saturated heterocycles. The van der Waals surface area contributed by atoms with Crippen LogP contribution in [0, 0.1) is 0 Å². The summed E-state index contributed by atoms with van der Waals surface area (Å²) in [4.78, 5) is 29.4. The smallest absolute Gasteiger partial charge is 0.211 e. The van der Waals surface area contributed by atoms with Gasteiger partial charge in [0.25, 0.3) is 0 Å². The molecule has 2 rings (SSSR count). The first-order valence-electron chi connectivity index (χ1n) is 7.50. The third-order valence-corrected chi connectivity index (χ3v) is 3.73. The first-order valence-corrected chi connectivity index (χ1v) is 7.50. The van der Waals surface area contributed by atoms with Gasteiger partial charge in [0.1, 0.15) is 11.5 Å². The highest BCUT2D eigenvalue weighted by Crippen LogP contribution is 2.35. The molecule has 1 aromatic carbocycles. The summed E-state index contributed by atoms with van der Waals surface area (Å²) in [7, 11) is 2.96. The summed E-state index contributed by atoms with van der Waals surface area (Å²) in [6.45, 7) is 2.68. The Morgan fingerprint density at radius 2 is 1.68 bits per heavy atom. The van der Waals surface area contributed by atoms with Gasteiger partial charge < -0.3 is 9.47 Å². The van der Waals surface area contributed by atoms with E-state index in [0.717, 1.165) is 19.3 Å². The van der Waals surface area contributed by atoms with E-state index >= 15 is 0 Å². The van der Waals surface area contributed by atoms with Crippen molar-refractivity contribution < 1.29 is 19.1 Å². The van der Waals surface area contributed by atoms with E-state index in [1.165, 1.54) is 14.2 Å². The minimum atomic E-state index is -0.234. The third-order valence-electron chi connectivity index (χ3n) is 3.73. The van der Waals surface area contributed by atoms with Crippen molar-refractivity contribution in [1.82, 2.24) is 0 Å². The molecular weight excluding hydrogens is 282 g/mol. The van der Waals surface area contributed by atoms with E-state index < -0.39 is 0 Å². The van der Waals surface area contributed by atoms with Gasteiger partial charge in [0.05, 0.1) is 37.5 Å². The minimum absolute atomic E-state index is 0.0293. The molecule has 0 aromatic heterocycles. The topological polar surface area (TPSA) is 65.0 Å². The Labute approximate surface area is 130 Å². The van der Waals surface area contributed by atoms with Gasteiger partial charge in [-0.1, -0.05) is 19.8 Å². The molecular formula is C17H21NO4. The Morgan fingerprint density at radius 1 is 1.05 bits per heavy atom. The molecule has 0 N–H and O–H groups in total. The lowest BCUT2D eigenvalue weighted by atomic mass is 9.86. The van der Waals surface area contributed by atoms with Gasteiger partial charge in [-0.15, -0.1) is 0 Å². The van der Waals surface area contributed by atoms with Gasteiger partial charge in [-0.25, -0.2) is 0 Å². The molecule has 0 radical (unpaired) electrons. The van der Waals surface area contributed by atoms with Gasteiger partial charge in [-0.3, -0.25) is 14.6 Å². The number of methoxy groups -OCH3 is 2. The highest BCUT2D eigenvalue weighted by Gasteiger charge is 2.34. The molecule has 0 unspecified atom stereocenters. The Balaban J connectivity index is 2.41. The number of aliphatic imine (C=N–C) groups is 1. The SMILES string of the molecule is CCCCCN=C1CC(=O)c2c(OC)ccc(OC)c2C1=O. The van der Waals surface area contributed by atoms with Crippen molar-refractivity contribution in [2.24, 2.45) is 4.99 Å². The number of hydrogen-bond donors (Lipinski definition) is 0. The molecule has 5 heteroatoms. The number of Topliss-reactive ketones (excluding diaryl/α,β-unsaturated/α-hetero) is 2. The molecule has 0 fully saturated rings. The zero-order valence-electron chi connectivity index (χ0n) is 13.3. The first-order chi connectivity index (χ1) is 10.6. The molecule has 1 aromatic rings. The second-order valence-electron chi connectivity index (χ2n) is 5.18. The van der Waals surface area contributed by atoms with Gasteiger partial charge in [-0.2, -0.15) is 0 Å². The van der Waals surface area contributed by atoms with Crippen LogP contribution in [0.15, 0.2) is 17.1 Å². The molecule has 1 aliphatic carbocycles. The molecule has 0 bridgehead atoms. The molecule has 0 atom stereocenters. The molecule has 22 heavy (non-hydrogen) atoms. The van der Waals surface area contributed by atoms with E-state index in [0.29, 0.717) is 29.3 Å². The Hall–Kier alpha value is -2.17. The highest BCUT2D eigenvalue weighted by atomic mass is 16.5. The summed E-state index contributed by atoms with van der Waals surface area (Å²) in [5.74, 6) is 0.399. The molecule has 0 aliphatic heterocycles. The van der Waals surface area contributed by atoms with E-state index in [-0.39, 0.29) is 23.6 Å². The first kappa shape index (κ1) is 16.2. The number of benzene rings is 1. The van der Waals surface area contributed by atoms with Crippen LogP contribution in [0.2, 0.25) is 0 Å². The van der Waals surface area contributed by atoms with Gasteiger partial charge in [0, 0.05) is 6.54 Å². The lowest BCUT2D eigenvalue weighted by Gasteiger charge is -2.20. The van der Waals surface area contributed by atoms with Crippen LogP contribution in [0.4, 0.5) is 0 Å². The van der Waals surface area contributed by atoms with Crippen LogP contribution in [0.1, 0.15) is 53.3 Å². The maximum absolute atomic E-state index is 12.7. The van der Waals surface area contributed by atoms with Crippen molar-refractivity contribution >= 4 is 17.3 Å². The lowest BCUT2D eigenvalue weighted by Crippen LogP contribution is -2.28. The molecule has 0 saturated carbocycles. The van der Waals surface area contributed by atoms with Crippen LogP contribution >= 0.6 is 0 Å². The average molecular weight is 303 g/mol. The molecule has 1 aliphatic rings. The summed E-state index contributed by atoms with van der Waals surface area (Å²) >= 11 is 0. The van der Waals surface area contributed by atoms with Crippen LogP contribution in [-0.2, 0) is 0 Å². The number of nitrogens with zero attached hydrogens (tertiary/aromatic N) is 1. The van der Waals surface area contributed by atoms with Crippen LogP contribution in [-0.4, -0.2) is 38.0 Å². The Kier molecular flexibility index (Phi) is 5.31. The van der Waals surface area contributed by atoms with E-state index in [1.54, 1.807) is 12.1 Å². The molecule has 0 heterocycles. The fourth-order valence-corrected chi connectivity index (χ4v) is 2.58. The highest BCUT2D eigenvalue weighted by molar-refractivity contribution is 6.53. The van der Waals surface area contributed by atoms with Crippen molar-refractivity contribution in [2.45, 2.75) is 32.6 Å². The molecule has 118 valence electrons. The van der Waals surface area contributed by atoms with E-state index in [2.05, 4.69) is 11.9 Å². The lowest BCUT2D eigenvalue weighted by molar-refractivity contribution is 0.0959. The van der Waals surface area contributed by atoms with Crippen LogP contribution in [0.25, 0.3) is 0 Å². The van der Waals surface area contributed by atoms with Gasteiger partial charge in [-0.05, 0) is 18.6 Å². The predicted molar refractivity (Wildman–Crippen MR) is 84.7 cm³/mol. The maximum atomic E-state index is 12.7. The van der Waals surface area contributed by atoms with Crippen molar-refractivity contribution in [3.8, 4) is 11.5 Å². The minimum Gasteiger partial charge on any atom is -0.496 e. The normalized spacial score (nSPS) is 15.9. The van der Waals surface area contributed by atoms with Crippen molar-refractivity contribution in [2.75, 3.05) is 20.8 Å². The Morgan fingerprint density at radius 3 is 2.27 bits per heavy atom. The monoisotopic (exact) mass is 303 g/mol. The Bertz CT molecular complexity index is 619. The van der Waals surface area contributed by atoms with E-state index in [9.17, 15) is 9.59 Å². The number of carbonyl (C=O) groups excluding carboxylic acids is 2. The number of rotatable bonds is 6. The number of ketones is 2. The second kappa shape index (κ2) is 7.20. The largest absolute Gasteiger partial charge is 0.496 e. The number of hydrogen-bond acceptors (Lipinski definition) is 5. The number of unbranched alkanes of at least 4 members (excludes halogenated alkanes) is 2. The van der Waals surface area contributed by atoms with Gasteiger partial charge in [0.15, 0.2) is 5.78 Å². The van der Waals surface area contributed by atoms with Crippen molar-refractivity contribution in [1.29, 1.82) is 0 Å². The molecule has 0 spiro atoms. The maximum Gasteiger partial charge on any atom is 0.211 e. The fourth-order valence-electron chi connectivity index (χ4n) is 2.58. The molecule has 0 amide bonds. The van der Waals surface area contributed by atoms with Crippen LogP contribution in [0.5, 0.6) is 11.5 Å². The van der Waals surface area contributed by atoms with Gasteiger partial charge >= 0.3 is 0 Å². The number of ether oxygens (including phenoxy) is 2. The summed E-state index contributed by atoms with van der Waals surface area (Å²) in [5, 5.41) is 0. The van der Waals surface area contributed by atoms with Crippen LogP contribution in [0.3, 0.4) is 0 Å². The fraction of sp³-hybridized carbons (Fsp3) is 0.471. The number of fused-ring (bicyclic) bond motifs is 1. The van der Waals surface area contributed by atoms with Gasteiger partial charge in [0.2, 0.25) is 5.78 Å². The van der Waals surface area contributed by atoms with Crippen LogP contribution < -0.4 is 9.47 Å². The van der Waals surface area contributed by atoms with E-state index in [4.69, 9.17) is 9.47 Å². The standard InChI is InChI=1S/C17H21NO4/c1-4-5-6-9-18-11-10-12(19)15-13(21-2)7-8-14(22-3)16(15)17(11)20/h7-8H,4-6,9-10H2,1-3H3. The molecule has 5 nitrogen and oxygen atoms in total. The summed E-state index contributed by atoms with van der Waals surface area (Å²) < 4.78 is 10.4. The second-order valence-corrected chi connectivity index (χ2v) is 5.18. The predicted octanol–water partition coefficient (Wildman–Crippen LogP) is 3.10. The average Bonchev–Trinajstić information content (AvgIpc) is 2.54. The quantitative estimate of drug-likeness (QED) is 0.757. The van der Waals surface area contributed by atoms with E-state index in [1.807, 2.05) is 0 Å². The van der Waals surface area contributed by atoms with Crippen molar-refractivity contribution in [3.05, 3.63) is 23.3 Å². The summed E-state index contributed by atoms with van der Waals surface area (Å²) in [5.41, 5.74) is 0.895. The number of carbonyl (C=O) groups is 2. The summed E-state index contributed by atoms with van der Waals surface area (Å²) in [6.07, 6.45) is 3.10.